The number of carbonyl (C=O) groups is 2. The van der Waals surface area contributed by atoms with E-state index in [4.69, 9.17) is 0 Å². The van der Waals surface area contributed by atoms with Crippen LogP contribution in [0.15, 0.2) is 24.3 Å². The van der Waals surface area contributed by atoms with E-state index >= 15 is 0 Å². The topological polar surface area (TPSA) is 92.8 Å². The summed E-state index contributed by atoms with van der Waals surface area (Å²) in [7, 11) is -2.24. The van der Waals surface area contributed by atoms with Crippen molar-refractivity contribution in [3.8, 4) is 0 Å². The Morgan fingerprint density at radius 3 is 2.16 bits per heavy atom. The Morgan fingerprint density at radius 1 is 1.16 bits per heavy atom. The highest BCUT2D eigenvalue weighted by molar-refractivity contribution is 7.92. The number of methoxy groups -OCH3 is 1. The largest absolute Gasteiger partial charge is 0.465 e. The van der Waals surface area contributed by atoms with Crippen LogP contribution >= 0.6 is 0 Å². The van der Waals surface area contributed by atoms with Crippen molar-refractivity contribution in [2.75, 3.05) is 30.8 Å². The molecule has 1 amide bonds. The monoisotopic (exact) mass is 370 g/mol. The number of sulfonamides is 1. The molecule has 0 aliphatic carbocycles. The minimum atomic E-state index is -3.52. The summed E-state index contributed by atoms with van der Waals surface area (Å²) in [5, 5.41) is 2.78. The average Bonchev–Trinajstić information content (AvgIpc) is 2.58. The Hall–Kier alpha value is -2.09. The van der Waals surface area contributed by atoms with Gasteiger partial charge in [-0.05, 0) is 37.1 Å². The molecule has 1 aromatic rings. The molecule has 0 spiro atoms. The van der Waals surface area contributed by atoms with Crippen LogP contribution in [0.3, 0.4) is 0 Å². The molecule has 0 aliphatic rings. The third-order valence-corrected chi connectivity index (χ3v) is 5.14. The van der Waals surface area contributed by atoms with Gasteiger partial charge in [-0.15, -0.1) is 0 Å². The van der Waals surface area contributed by atoms with Crippen molar-refractivity contribution in [3.63, 3.8) is 0 Å². The maximum atomic E-state index is 12.1. The van der Waals surface area contributed by atoms with E-state index in [-0.39, 0.29) is 24.9 Å². The summed E-state index contributed by atoms with van der Waals surface area (Å²) in [6, 6.07) is 6.08. The summed E-state index contributed by atoms with van der Waals surface area (Å²) in [5.41, 5.74) is 0.758. The van der Waals surface area contributed by atoms with Gasteiger partial charge in [0.25, 0.3) is 0 Å². The summed E-state index contributed by atoms with van der Waals surface area (Å²) in [4.78, 5) is 23.5. The lowest BCUT2D eigenvalue weighted by Crippen LogP contribution is -2.39. The third kappa shape index (κ3) is 6.04. The van der Waals surface area contributed by atoms with Crippen molar-refractivity contribution in [2.24, 2.45) is 5.92 Å². The maximum absolute atomic E-state index is 12.1. The Balaban J connectivity index is 2.83. The van der Waals surface area contributed by atoms with Crippen molar-refractivity contribution in [3.05, 3.63) is 29.8 Å². The molecular weight excluding hydrogens is 344 g/mol. The van der Waals surface area contributed by atoms with Gasteiger partial charge in [0, 0.05) is 12.5 Å². The molecule has 0 atom stereocenters. The van der Waals surface area contributed by atoms with Crippen LogP contribution in [-0.4, -0.2) is 46.7 Å². The fourth-order valence-electron chi connectivity index (χ4n) is 2.45. The highest BCUT2D eigenvalue weighted by Gasteiger charge is 2.19. The first-order valence-corrected chi connectivity index (χ1v) is 10.0. The normalized spacial score (nSPS) is 11.2. The second-order valence-electron chi connectivity index (χ2n) is 5.68. The quantitative estimate of drug-likeness (QED) is 0.669. The lowest BCUT2D eigenvalue weighted by Gasteiger charge is -2.23. The van der Waals surface area contributed by atoms with Crippen LogP contribution in [0.4, 0.5) is 5.69 Å². The molecule has 0 fully saturated rings. The number of nitrogens with one attached hydrogen (secondary N) is 1. The number of hydrogen-bond donors (Lipinski definition) is 1. The molecule has 0 aliphatic heterocycles. The highest BCUT2D eigenvalue weighted by atomic mass is 32.2. The Labute approximate surface area is 149 Å². The van der Waals surface area contributed by atoms with Crippen molar-refractivity contribution < 1.29 is 22.7 Å². The van der Waals surface area contributed by atoms with Gasteiger partial charge in [0.2, 0.25) is 15.9 Å². The highest BCUT2D eigenvalue weighted by Crippen LogP contribution is 2.18. The summed E-state index contributed by atoms with van der Waals surface area (Å²) in [5.74, 6) is -0.625. The van der Waals surface area contributed by atoms with Gasteiger partial charge in [-0.25, -0.2) is 13.2 Å². The van der Waals surface area contributed by atoms with Gasteiger partial charge in [0.05, 0.1) is 31.2 Å². The molecule has 0 radical (unpaired) electrons. The lowest BCUT2D eigenvalue weighted by molar-refractivity contribution is -0.125. The first-order chi connectivity index (χ1) is 11.7. The van der Waals surface area contributed by atoms with Crippen molar-refractivity contribution in [2.45, 2.75) is 26.7 Å². The van der Waals surface area contributed by atoms with Gasteiger partial charge in [0.15, 0.2) is 0 Å². The molecule has 0 saturated carbocycles. The molecule has 1 aromatic carbocycles. The molecule has 140 valence electrons. The van der Waals surface area contributed by atoms with Gasteiger partial charge in [-0.1, -0.05) is 13.8 Å². The molecule has 0 aromatic heterocycles. The summed E-state index contributed by atoms with van der Waals surface area (Å²) < 4.78 is 29.9. The molecule has 1 rings (SSSR count). The zero-order valence-corrected chi connectivity index (χ0v) is 15.9. The Bertz CT molecular complexity index is 681. The van der Waals surface area contributed by atoms with E-state index in [1.54, 1.807) is 0 Å². The summed E-state index contributed by atoms with van der Waals surface area (Å²) in [6.07, 6.45) is 2.59. The first-order valence-electron chi connectivity index (χ1n) is 8.18. The van der Waals surface area contributed by atoms with Crippen molar-refractivity contribution >= 4 is 27.6 Å². The number of anilines is 1. The van der Waals surface area contributed by atoms with E-state index < -0.39 is 16.0 Å². The molecule has 7 nitrogen and oxygen atoms in total. The SMILES string of the molecule is CCC(CC)C(=O)NCCN(c1ccc(C(=O)OC)cc1)S(C)(=O)=O. The number of rotatable bonds is 9. The van der Waals surface area contributed by atoms with Crippen LogP contribution in [0.2, 0.25) is 0 Å². The number of amides is 1. The number of carbonyl (C=O) groups excluding carboxylic acids is 2. The van der Waals surface area contributed by atoms with Crippen LogP contribution in [0.1, 0.15) is 37.0 Å². The smallest absolute Gasteiger partial charge is 0.337 e. The van der Waals surface area contributed by atoms with E-state index in [2.05, 4.69) is 10.1 Å². The predicted molar refractivity (Wildman–Crippen MR) is 97.1 cm³/mol. The summed E-state index contributed by atoms with van der Waals surface area (Å²) in [6.45, 7) is 4.21. The third-order valence-electron chi connectivity index (χ3n) is 3.95. The Morgan fingerprint density at radius 2 is 1.72 bits per heavy atom. The van der Waals surface area contributed by atoms with Crippen LogP contribution < -0.4 is 9.62 Å². The van der Waals surface area contributed by atoms with E-state index in [0.29, 0.717) is 11.3 Å². The maximum Gasteiger partial charge on any atom is 0.337 e. The van der Waals surface area contributed by atoms with Gasteiger partial charge >= 0.3 is 5.97 Å². The minimum Gasteiger partial charge on any atom is -0.465 e. The van der Waals surface area contributed by atoms with E-state index in [1.807, 2.05) is 13.8 Å². The predicted octanol–water partition coefficient (Wildman–Crippen LogP) is 1.79. The van der Waals surface area contributed by atoms with Gasteiger partial charge in [-0.2, -0.15) is 0 Å². The zero-order chi connectivity index (χ0) is 19.0. The fraction of sp³-hybridized carbons (Fsp3) is 0.529. The summed E-state index contributed by atoms with van der Waals surface area (Å²) >= 11 is 0. The number of nitrogens with zero attached hydrogens (tertiary/aromatic N) is 1. The molecule has 8 heteroatoms. The zero-order valence-electron chi connectivity index (χ0n) is 15.1. The lowest BCUT2D eigenvalue weighted by atomic mass is 10.0. The molecule has 0 saturated heterocycles. The Kier molecular flexibility index (Phi) is 7.89. The van der Waals surface area contributed by atoms with Gasteiger partial charge in [0.1, 0.15) is 0 Å². The first kappa shape index (κ1) is 21.0. The second kappa shape index (κ2) is 9.41. The molecule has 0 heterocycles. The van der Waals surface area contributed by atoms with E-state index in [0.717, 1.165) is 19.1 Å². The van der Waals surface area contributed by atoms with Crippen LogP contribution in [0.5, 0.6) is 0 Å². The second-order valence-corrected chi connectivity index (χ2v) is 7.58. The molecular formula is C17H26N2O5S. The number of benzene rings is 1. The molecule has 1 N–H and O–H groups in total. The molecule has 0 bridgehead atoms. The van der Waals surface area contributed by atoms with Crippen LogP contribution in [0, 0.1) is 5.92 Å². The van der Waals surface area contributed by atoms with Crippen LogP contribution in [0.25, 0.3) is 0 Å². The number of hydrogen-bond acceptors (Lipinski definition) is 5. The number of esters is 1. The van der Waals surface area contributed by atoms with Crippen molar-refractivity contribution in [1.82, 2.24) is 5.32 Å². The van der Waals surface area contributed by atoms with Crippen molar-refractivity contribution in [1.29, 1.82) is 0 Å². The minimum absolute atomic E-state index is 0.0639. The van der Waals surface area contributed by atoms with Crippen LogP contribution in [-0.2, 0) is 19.6 Å². The average molecular weight is 370 g/mol. The van der Waals surface area contributed by atoms with E-state index in [9.17, 15) is 18.0 Å². The molecule has 0 unspecified atom stereocenters. The van der Waals surface area contributed by atoms with E-state index in [1.165, 1.54) is 35.7 Å². The standard InChI is InChI=1S/C17H26N2O5S/c1-5-13(6-2)16(20)18-11-12-19(25(4,22)23)15-9-7-14(8-10-15)17(21)24-3/h7-10,13H,5-6,11-12H2,1-4H3,(H,18,20). The number of ether oxygens (including phenoxy) is 1. The van der Waals surface area contributed by atoms with Gasteiger partial charge < -0.3 is 10.1 Å². The fourth-order valence-corrected chi connectivity index (χ4v) is 3.38. The van der Waals surface area contributed by atoms with Gasteiger partial charge in [-0.3, -0.25) is 9.10 Å². The molecule has 25 heavy (non-hydrogen) atoms.